The monoisotopic (exact) mass is 485 g/mol. The topological polar surface area (TPSA) is 90.5 Å². The third kappa shape index (κ3) is 5.44. The molecule has 0 spiro atoms. The van der Waals surface area contributed by atoms with Gasteiger partial charge in [0.2, 0.25) is 5.91 Å². The minimum absolute atomic E-state index is 0.113. The lowest BCUT2D eigenvalue weighted by Gasteiger charge is -2.10. The van der Waals surface area contributed by atoms with Gasteiger partial charge < -0.3 is 5.32 Å². The summed E-state index contributed by atoms with van der Waals surface area (Å²) in [6.45, 7) is 0.512. The summed E-state index contributed by atoms with van der Waals surface area (Å²) in [4.78, 5) is 16.9. The standard InChI is InChI=1S/C25H20FN7OS/c26-19-11-9-18(10-12-19)24-29-30-25(33(24)21-7-2-1-3-8-21)35-17-23(34)28-22-13-15-32(31-22)16-20-6-4-5-14-27-20/h1-15H,16-17H2,(H,28,31,34). The summed E-state index contributed by atoms with van der Waals surface area (Å²) in [5.41, 5.74) is 2.44. The second-order valence-corrected chi connectivity index (χ2v) is 8.48. The Morgan fingerprint density at radius 3 is 2.51 bits per heavy atom. The van der Waals surface area contributed by atoms with E-state index in [1.807, 2.05) is 53.1 Å². The Morgan fingerprint density at radius 2 is 1.74 bits per heavy atom. The SMILES string of the molecule is O=C(CSc1nnc(-c2ccc(F)cc2)n1-c1ccccc1)Nc1ccn(Cc2ccccn2)n1. The van der Waals surface area contributed by atoms with Crippen LogP contribution in [0.1, 0.15) is 5.69 Å². The molecule has 0 aliphatic rings. The lowest BCUT2D eigenvalue weighted by molar-refractivity contribution is -0.113. The molecule has 0 saturated heterocycles. The number of rotatable bonds is 8. The molecule has 8 nitrogen and oxygen atoms in total. The zero-order valence-corrected chi connectivity index (χ0v) is 19.3. The average Bonchev–Trinajstić information content (AvgIpc) is 3.51. The fraction of sp³-hybridized carbons (Fsp3) is 0.0800. The number of aromatic nitrogens is 6. The summed E-state index contributed by atoms with van der Waals surface area (Å²) in [7, 11) is 0. The number of anilines is 1. The molecule has 1 N–H and O–H groups in total. The van der Waals surface area contributed by atoms with Crippen LogP contribution in [0.4, 0.5) is 10.2 Å². The summed E-state index contributed by atoms with van der Waals surface area (Å²) in [5, 5.41) is 16.4. The van der Waals surface area contributed by atoms with Crippen LogP contribution >= 0.6 is 11.8 Å². The smallest absolute Gasteiger partial charge is 0.236 e. The molecule has 0 aliphatic heterocycles. The van der Waals surface area contributed by atoms with Crippen LogP contribution in [0.5, 0.6) is 0 Å². The molecule has 35 heavy (non-hydrogen) atoms. The van der Waals surface area contributed by atoms with E-state index in [1.54, 1.807) is 35.3 Å². The van der Waals surface area contributed by atoms with Gasteiger partial charge in [0.05, 0.1) is 18.0 Å². The molecule has 0 bridgehead atoms. The number of nitrogens with zero attached hydrogens (tertiary/aromatic N) is 6. The summed E-state index contributed by atoms with van der Waals surface area (Å²) in [6, 6.07) is 23.1. The van der Waals surface area contributed by atoms with Crippen LogP contribution in [0.2, 0.25) is 0 Å². The van der Waals surface area contributed by atoms with Crippen molar-refractivity contribution in [2.75, 3.05) is 11.1 Å². The summed E-state index contributed by atoms with van der Waals surface area (Å²) < 4.78 is 17.0. The predicted molar refractivity (Wildman–Crippen MR) is 132 cm³/mol. The molecule has 0 saturated carbocycles. The van der Waals surface area contributed by atoms with Crippen LogP contribution in [0.15, 0.2) is 96.4 Å². The van der Waals surface area contributed by atoms with Crippen LogP contribution in [-0.4, -0.2) is 41.2 Å². The van der Waals surface area contributed by atoms with Crippen LogP contribution in [-0.2, 0) is 11.3 Å². The Balaban J connectivity index is 1.29. The Bertz CT molecular complexity index is 1420. The fourth-order valence-electron chi connectivity index (χ4n) is 3.44. The van der Waals surface area contributed by atoms with Crippen molar-refractivity contribution in [2.45, 2.75) is 11.7 Å². The van der Waals surface area contributed by atoms with E-state index in [1.165, 1.54) is 23.9 Å². The van der Waals surface area contributed by atoms with Crippen molar-refractivity contribution in [1.29, 1.82) is 0 Å². The van der Waals surface area contributed by atoms with Gasteiger partial charge in [-0.3, -0.25) is 19.0 Å². The number of thioether (sulfide) groups is 1. The van der Waals surface area contributed by atoms with Crippen molar-refractivity contribution in [3.63, 3.8) is 0 Å². The minimum Gasteiger partial charge on any atom is -0.308 e. The van der Waals surface area contributed by atoms with Gasteiger partial charge in [0, 0.05) is 29.7 Å². The zero-order valence-electron chi connectivity index (χ0n) is 18.5. The molecule has 3 heterocycles. The van der Waals surface area contributed by atoms with E-state index in [4.69, 9.17) is 0 Å². The largest absolute Gasteiger partial charge is 0.308 e. The quantitative estimate of drug-likeness (QED) is 0.327. The third-order valence-electron chi connectivity index (χ3n) is 5.04. The Labute approximate surface area is 204 Å². The van der Waals surface area contributed by atoms with Gasteiger partial charge >= 0.3 is 0 Å². The molecular formula is C25H20FN7OS. The summed E-state index contributed by atoms with van der Waals surface area (Å²) >= 11 is 1.26. The van der Waals surface area contributed by atoms with Crippen molar-refractivity contribution in [2.24, 2.45) is 0 Å². The maximum atomic E-state index is 13.4. The normalized spacial score (nSPS) is 10.9. The molecule has 5 aromatic rings. The number of hydrogen-bond donors (Lipinski definition) is 1. The molecule has 0 aliphatic carbocycles. The predicted octanol–water partition coefficient (Wildman–Crippen LogP) is 4.44. The average molecular weight is 486 g/mol. The van der Waals surface area contributed by atoms with E-state index in [9.17, 15) is 9.18 Å². The van der Waals surface area contributed by atoms with Gasteiger partial charge in [0.1, 0.15) is 5.82 Å². The first-order chi connectivity index (χ1) is 17.2. The molecule has 0 radical (unpaired) electrons. The fourth-order valence-corrected chi connectivity index (χ4v) is 4.19. The van der Waals surface area contributed by atoms with Crippen molar-refractivity contribution in [3.8, 4) is 17.1 Å². The highest BCUT2D eigenvalue weighted by Gasteiger charge is 2.17. The molecule has 5 rings (SSSR count). The molecule has 0 unspecified atom stereocenters. The number of benzene rings is 2. The number of para-hydroxylation sites is 1. The molecule has 3 aromatic heterocycles. The van der Waals surface area contributed by atoms with Crippen LogP contribution < -0.4 is 5.32 Å². The maximum Gasteiger partial charge on any atom is 0.236 e. The highest BCUT2D eigenvalue weighted by atomic mass is 32.2. The number of pyridine rings is 1. The van der Waals surface area contributed by atoms with E-state index >= 15 is 0 Å². The maximum absolute atomic E-state index is 13.4. The Morgan fingerprint density at radius 1 is 0.943 bits per heavy atom. The number of carbonyl (C=O) groups is 1. The van der Waals surface area contributed by atoms with Crippen LogP contribution in [0.25, 0.3) is 17.1 Å². The van der Waals surface area contributed by atoms with E-state index in [2.05, 4.69) is 25.6 Å². The molecule has 10 heteroatoms. The lowest BCUT2D eigenvalue weighted by atomic mass is 10.2. The Kier molecular flexibility index (Phi) is 6.62. The molecule has 0 fully saturated rings. The van der Waals surface area contributed by atoms with E-state index in [0.29, 0.717) is 23.3 Å². The molecule has 2 aromatic carbocycles. The van der Waals surface area contributed by atoms with Crippen molar-refractivity contribution in [1.82, 2.24) is 29.5 Å². The molecule has 0 atom stereocenters. The summed E-state index contributed by atoms with van der Waals surface area (Å²) in [5.74, 6) is 0.592. The van der Waals surface area contributed by atoms with Crippen molar-refractivity contribution in [3.05, 3.63) is 103 Å². The van der Waals surface area contributed by atoms with Gasteiger partial charge in [0.15, 0.2) is 16.8 Å². The van der Waals surface area contributed by atoms with Crippen LogP contribution in [0, 0.1) is 5.82 Å². The number of nitrogens with one attached hydrogen (secondary N) is 1. The first-order valence-corrected chi connectivity index (χ1v) is 11.8. The molecule has 1 amide bonds. The molecular weight excluding hydrogens is 465 g/mol. The van der Waals surface area contributed by atoms with E-state index < -0.39 is 0 Å². The summed E-state index contributed by atoms with van der Waals surface area (Å²) in [6.07, 6.45) is 3.52. The highest BCUT2D eigenvalue weighted by molar-refractivity contribution is 7.99. The highest BCUT2D eigenvalue weighted by Crippen LogP contribution is 2.28. The number of carbonyl (C=O) groups excluding carboxylic acids is 1. The number of hydrogen-bond acceptors (Lipinski definition) is 6. The van der Waals surface area contributed by atoms with Gasteiger partial charge in [-0.15, -0.1) is 10.2 Å². The van der Waals surface area contributed by atoms with E-state index in [-0.39, 0.29) is 17.5 Å². The number of amides is 1. The van der Waals surface area contributed by atoms with Gasteiger partial charge in [0.25, 0.3) is 0 Å². The third-order valence-corrected chi connectivity index (χ3v) is 5.97. The minimum atomic E-state index is -0.326. The van der Waals surface area contributed by atoms with Crippen molar-refractivity contribution >= 4 is 23.5 Å². The van der Waals surface area contributed by atoms with E-state index in [0.717, 1.165) is 16.9 Å². The van der Waals surface area contributed by atoms with Gasteiger partial charge in [-0.2, -0.15) is 5.10 Å². The van der Waals surface area contributed by atoms with Crippen LogP contribution in [0.3, 0.4) is 0 Å². The van der Waals surface area contributed by atoms with Crippen molar-refractivity contribution < 1.29 is 9.18 Å². The second-order valence-electron chi connectivity index (χ2n) is 7.54. The second kappa shape index (κ2) is 10.3. The zero-order chi connectivity index (χ0) is 24.0. The number of halogens is 1. The van der Waals surface area contributed by atoms with Gasteiger partial charge in [-0.1, -0.05) is 36.0 Å². The lowest BCUT2D eigenvalue weighted by Crippen LogP contribution is -2.15. The Hall–Kier alpha value is -4.31. The first-order valence-electron chi connectivity index (χ1n) is 10.8. The first kappa shape index (κ1) is 22.5. The van der Waals surface area contributed by atoms with Gasteiger partial charge in [-0.25, -0.2) is 4.39 Å². The molecule has 174 valence electrons. The van der Waals surface area contributed by atoms with Gasteiger partial charge in [-0.05, 0) is 48.5 Å².